The molecule has 100 valence electrons. The van der Waals surface area contributed by atoms with E-state index in [4.69, 9.17) is 4.74 Å². The van der Waals surface area contributed by atoms with Crippen molar-refractivity contribution in [1.82, 2.24) is 10.3 Å². The standard InChI is InChI=1S/C15H24N2O/c1-3-16-14(10-9-13-7-5-11-18-13)15-8-4-6-12(2)17-15/h4,6,8,13-14,16H,3,5,7,9-11H2,1-2H3. The summed E-state index contributed by atoms with van der Waals surface area (Å²) < 4.78 is 5.69. The van der Waals surface area contributed by atoms with Gasteiger partial charge in [-0.1, -0.05) is 13.0 Å². The van der Waals surface area contributed by atoms with Gasteiger partial charge in [0.15, 0.2) is 0 Å². The lowest BCUT2D eigenvalue weighted by Crippen LogP contribution is -2.23. The highest BCUT2D eigenvalue weighted by Crippen LogP contribution is 2.23. The van der Waals surface area contributed by atoms with E-state index in [9.17, 15) is 0 Å². The molecule has 3 heteroatoms. The van der Waals surface area contributed by atoms with Gasteiger partial charge in [0.25, 0.3) is 0 Å². The highest BCUT2D eigenvalue weighted by molar-refractivity contribution is 5.13. The first-order valence-electron chi connectivity index (χ1n) is 7.08. The molecule has 2 heterocycles. The van der Waals surface area contributed by atoms with E-state index in [0.29, 0.717) is 12.1 Å². The first kappa shape index (κ1) is 13.5. The molecule has 1 saturated heterocycles. The van der Waals surface area contributed by atoms with Crippen LogP contribution in [0.2, 0.25) is 0 Å². The Labute approximate surface area is 110 Å². The van der Waals surface area contributed by atoms with Crippen molar-refractivity contribution in [3.05, 3.63) is 29.6 Å². The Morgan fingerprint density at radius 1 is 1.50 bits per heavy atom. The van der Waals surface area contributed by atoms with Crippen LogP contribution in [0.1, 0.15) is 50.0 Å². The molecule has 0 spiro atoms. The van der Waals surface area contributed by atoms with Crippen LogP contribution in [-0.4, -0.2) is 24.2 Å². The average molecular weight is 248 g/mol. The lowest BCUT2D eigenvalue weighted by atomic mass is 10.0. The van der Waals surface area contributed by atoms with Gasteiger partial charge in [-0.15, -0.1) is 0 Å². The second-order valence-electron chi connectivity index (χ2n) is 5.03. The SMILES string of the molecule is CCNC(CCC1CCCO1)c1cccc(C)n1. The van der Waals surface area contributed by atoms with Crippen LogP contribution < -0.4 is 5.32 Å². The molecule has 2 rings (SSSR count). The summed E-state index contributed by atoms with van der Waals surface area (Å²) in [7, 11) is 0. The van der Waals surface area contributed by atoms with Crippen molar-refractivity contribution in [2.24, 2.45) is 0 Å². The van der Waals surface area contributed by atoms with Gasteiger partial charge >= 0.3 is 0 Å². The molecule has 3 nitrogen and oxygen atoms in total. The minimum atomic E-state index is 0.360. The Morgan fingerprint density at radius 2 is 2.39 bits per heavy atom. The lowest BCUT2D eigenvalue weighted by Gasteiger charge is -2.19. The summed E-state index contributed by atoms with van der Waals surface area (Å²) in [4.78, 5) is 4.63. The summed E-state index contributed by atoms with van der Waals surface area (Å²) in [6.07, 6.45) is 5.15. The van der Waals surface area contributed by atoms with Gasteiger partial charge < -0.3 is 10.1 Å². The largest absolute Gasteiger partial charge is 0.378 e. The number of ether oxygens (including phenoxy) is 1. The van der Waals surface area contributed by atoms with E-state index in [-0.39, 0.29) is 0 Å². The summed E-state index contributed by atoms with van der Waals surface area (Å²) in [5.41, 5.74) is 2.25. The van der Waals surface area contributed by atoms with Gasteiger partial charge in [0.2, 0.25) is 0 Å². The van der Waals surface area contributed by atoms with Crippen molar-refractivity contribution in [3.63, 3.8) is 0 Å². The second kappa shape index (κ2) is 6.86. The zero-order valence-electron chi connectivity index (χ0n) is 11.5. The minimum absolute atomic E-state index is 0.360. The third kappa shape index (κ3) is 3.79. The maximum Gasteiger partial charge on any atom is 0.0576 e. The van der Waals surface area contributed by atoms with Crippen molar-refractivity contribution in [1.29, 1.82) is 0 Å². The molecule has 1 aromatic heterocycles. The van der Waals surface area contributed by atoms with Crippen LogP contribution in [0.4, 0.5) is 0 Å². The van der Waals surface area contributed by atoms with E-state index in [1.165, 1.54) is 12.8 Å². The van der Waals surface area contributed by atoms with Crippen LogP contribution in [0.5, 0.6) is 0 Å². The molecular weight excluding hydrogens is 224 g/mol. The third-order valence-electron chi connectivity index (χ3n) is 3.52. The van der Waals surface area contributed by atoms with Gasteiger partial charge in [0.1, 0.15) is 0 Å². The molecule has 1 aliphatic rings. The molecule has 0 radical (unpaired) electrons. The van der Waals surface area contributed by atoms with Crippen molar-refractivity contribution in [3.8, 4) is 0 Å². The Hall–Kier alpha value is -0.930. The number of hydrogen-bond donors (Lipinski definition) is 1. The summed E-state index contributed by atoms with van der Waals surface area (Å²) in [5.74, 6) is 0. The molecular formula is C15H24N2O. The van der Waals surface area contributed by atoms with Gasteiger partial charge in [-0.25, -0.2) is 0 Å². The number of nitrogens with one attached hydrogen (secondary N) is 1. The number of rotatable bonds is 6. The fourth-order valence-electron chi connectivity index (χ4n) is 2.58. The lowest BCUT2D eigenvalue weighted by molar-refractivity contribution is 0.0995. The zero-order valence-corrected chi connectivity index (χ0v) is 11.5. The Balaban J connectivity index is 1.94. The van der Waals surface area contributed by atoms with Crippen molar-refractivity contribution < 1.29 is 4.74 Å². The number of hydrogen-bond acceptors (Lipinski definition) is 3. The summed E-state index contributed by atoms with van der Waals surface area (Å²) in [6.45, 7) is 6.12. The zero-order chi connectivity index (χ0) is 12.8. The van der Waals surface area contributed by atoms with E-state index in [1.807, 2.05) is 13.0 Å². The van der Waals surface area contributed by atoms with E-state index in [2.05, 4.69) is 29.4 Å². The average Bonchev–Trinajstić information content (AvgIpc) is 2.87. The van der Waals surface area contributed by atoms with Crippen LogP contribution in [0.3, 0.4) is 0 Å². The fraction of sp³-hybridized carbons (Fsp3) is 0.667. The van der Waals surface area contributed by atoms with E-state index in [0.717, 1.165) is 37.4 Å². The number of pyridine rings is 1. The topological polar surface area (TPSA) is 34.1 Å². The minimum Gasteiger partial charge on any atom is -0.378 e. The molecule has 0 amide bonds. The maximum atomic E-state index is 5.69. The predicted molar refractivity (Wildman–Crippen MR) is 73.6 cm³/mol. The van der Waals surface area contributed by atoms with Crippen LogP contribution in [0.25, 0.3) is 0 Å². The monoisotopic (exact) mass is 248 g/mol. The molecule has 1 aliphatic heterocycles. The Bertz CT molecular complexity index is 361. The molecule has 2 atom stereocenters. The van der Waals surface area contributed by atoms with Crippen LogP contribution in [0, 0.1) is 6.92 Å². The Kier molecular flexibility index (Phi) is 5.14. The highest BCUT2D eigenvalue weighted by atomic mass is 16.5. The molecule has 0 bridgehead atoms. The first-order valence-corrected chi connectivity index (χ1v) is 7.08. The molecule has 2 unspecified atom stereocenters. The van der Waals surface area contributed by atoms with Gasteiger partial charge in [0, 0.05) is 18.3 Å². The number of nitrogens with zero attached hydrogens (tertiary/aromatic N) is 1. The van der Waals surface area contributed by atoms with Crippen LogP contribution in [0.15, 0.2) is 18.2 Å². The molecule has 1 fully saturated rings. The van der Waals surface area contributed by atoms with Crippen LogP contribution in [-0.2, 0) is 4.74 Å². The molecule has 0 aliphatic carbocycles. The quantitative estimate of drug-likeness (QED) is 0.840. The molecule has 1 aromatic rings. The predicted octanol–water partition coefficient (Wildman–Crippen LogP) is 3.00. The summed E-state index contributed by atoms with van der Waals surface area (Å²) >= 11 is 0. The summed E-state index contributed by atoms with van der Waals surface area (Å²) in [5, 5.41) is 3.53. The molecule has 0 aromatic carbocycles. The molecule has 1 N–H and O–H groups in total. The van der Waals surface area contributed by atoms with Gasteiger partial charge in [-0.3, -0.25) is 4.98 Å². The normalized spacial score (nSPS) is 21.1. The maximum absolute atomic E-state index is 5.69. The van der Waals surface area contributed by atoms with E-state index in [1.54, 1.807) is 0 Å². The number of aromatic nitrogens is 1. The Morgan fingerprint density at radius 3 is 3.06 bits per heavy atom. The van der Waals surface area contributed by atoms with Gasteiger partial charge in [-0.05, 0) is 51.3 Å². The van der Waals surface area contributed by atoms with Crippen molar-refractivity contribution in [2.75, 3.05) is 13.2 Å². The van der Waals surface area contributed by atoms with Crippen molar-refractivity contribution in [2.45, 2.75) is 51.7 Å². The van der Waals surface area contributed by atoms with Gasteiger partial charge in [0.05, 0.1) is 11.8 Å². The molecule has 18 heavy (non-hydrogen) atoms. The van der Waals surface area contributed by atoms with Gasteiger partial charge in [-0.2, -0.15) is 0 Å². The fourth-order valence-corrected chi connectivity index (χ4v) is 2.58. The van der Waals surface area contributed by atoms with Crippen LogP contribution >= 0.6 is 0 Å². The van der Waals surface area contributed by atoms with E-state index < -0.39 is 0 Å². The summed E-state index contributed by atoms with van der Waals surface area (Å²) in [6, 6.07) is 6.62. The smallest absolute Gasteiger partial charge is 0.0576 e. The van der Waals surface area contributed by atoms with Crippen molar-refractivity contribution >= 4 is 0 Å². The highest BCUT2D eigenvalue weighted by Gasteiger charge is 2.19. The van der Waals surface area contributed by atoms with E-state index >= 15 is 0 Å². The number of aryl methyl sites for hydroxylation is 1. The second-order valence-corrected chi connectivity index (χ2v) is 5.03. The first-order chi connectivity index (χ1) is 8.79. The third-order valence-corrected chi connectivity index (χ3v) is 3.52. The molecule has 0 saturated carbocycles.